The van der Waals surface area contributed by atoms with Crippen LogP contribution in [0.4, 0.5) is 0 Å². The Bertz CT molecular complexity index is 498. The third-order valence-electron chi connectivity index (χ3n) is 2.33. The third-order valence-corrected chi connectivity index (χ3v) is 2.33. The molecule has 2 aromatic heterocycles. The van der Waals surface area contributed by atoms with Gasteiger partial charge in [0.15, 0.2) is 5.65 Å². The molecule has 2 heterocycles. The lowest BCUT2D eigenvalue weighted by Crippen LogP contribution is -2.17. The van der Waals surface area contributed by atoms with Crippen molar-refractivity contribution in [1.82, 2.24) is 15.0 Å². The van der Waals surface area contributed by atoms with Crippen LogP contribution in [0.5, 0.6) is 0 Å². The molecular weight excluding hydrogens is 186 g/mol. The van der Waals surface area contributed by atoms with E-state index in [1.165, 1.54) is 0 Å². The van der Waals surface area contributed by atoms with Gasteiger partial charge in [0.2, 0.25) is 0 Å². The molecule has 0 aliphatic carbocycles. The zero-order valence-electron chi connectivity index (χ0n) is 9.57. The molecule has 3 nitrogen and oxygen atoms in total. The molecule has 0 aromatic carbocycles. The Morgan fingerprint density at radius 2 is 1.87 bits per heavy atom. The topological polar surface area (TPSA) is 38.7 Å². The number of aryl methyl sites for hydroxylation is 1. The zero-order chi connectivity index (χ0) is 11.1. The number of fused-ring (bicyclic) bond motifs is 1. The number of pyridine rings is 1. The molecule has 0 radical (unpaired) electrons. The lowest BCUT2D eigenvalue weighted by Gasteiger charge is -2.17. The van der Waals surface area contributed by atoms with Crippen molar-refractivity contribution in [3.8, 4) is 0 Å². The van der Waals surface area contributed by atoms with E-state index < -0.39 is 0 Å². The molecule has 2 rings (SSSR count). The summed E-state index contributed by atoms with van der Waals surface area (Å²) >= 11 is 0. The summed E-state index contributed by atoms with van der Waals surface area (Å²) in [4.78, 5) is 13.3. The molecule has 0 saturated carbocycles. The van der Waals surface area contributed by atoms with Crippen LogP contribution in [0, 0.1) is 6.92 Å². The highest BCUT2D eigenvalue weighted by atomic mass is 15.0. The highest BCUT2D eigenvalue weighted by Crippen LogP contribution is 2.21. The average molecular weight is 201 g/mol. The molecule has 15 heavy (non-hydrogen) atoms. The van der Waals surface area contributed by atoms with Gasteiger partial charge in [0.25, 0.3) is 0 Å². The summed E-state index contributed by atoms with van der Waals surface area (Å²) in [5, 5.41) is 1.03. The number of aromatic nitrogens is 3. The summed E-state index contributed by atoms with van der Waals surface area (Å²) in [6, 6.07) is 3.92. The first-order valence-electron chi connectivity index (χ1n) is 5.08. The van der Waals surface area contributed by atoms with Crippen LogP contribution in [0.3, 0.4) is 0 Å². The summed E-state index contributed by atoms with van der Waals surface area (Å²) in [6.45, 7) is 8.32. The summed E-state index contributed by atoms with van der Waals surface area (Å²) in [7, 11) is 0. The van der Waals surface area contributed by atoms with E-state index >= 15 is 0 Å². The second kappa shape index (κ2) is 3.26. The monoisotopic (exact) mass is 201 g/mol. The van der Waals surface area contributed by atoms with Crippen LogP contribution in [-0.4, -0.2) is 15.0 Å². The molecule has 0 fully saturated rings. The minimum atomic E-state index is -0.0313. The smallest absolute Gasteiger partial charge is 0.163 e. The van der Waals surface area contributed by atoms with Crippen molar-refractivity contribution in [3.05, 3.63) is 29.8 Å². The first kappa shape index (κ1) is 10.0. The maximum Gasteiger partial charge on any atom is 0.163 e. The Kier molecular flexibility index (Phi) is 2.18. The third kappa shape index (κ3) is 1.82. The Hall–Kier alpha value is -1.51. The van der Waals surface area contributed by atoms with Crippen molar-refractivity contribution in [1.29, 1.82) is 0 Å². The summed E-state index contributed by atoms with van der Waals surface area (Å²) in [6.07, 6.45) is 1.77. The first-order chi connectivity index (χ1) is 6.98. The van der Waals surface area contributed by atoms with Gasteiger partial charge in [-0.3, -0.25) is 0 Å². The largest absolute Gasteiger partial charge is 0.237 e. The lowest BCUT2D eigenvalue weighted by atomic mass is 9.95. The molecule has 0 bridgehead atoms. The van der Waals surface area contributed by atoms with Gasteiger partial charge < -0.3 is 0 Å². The van der Waals surface area contributed by atoms with Crippen molar-refractivity contribution < 1.29 is 0 Å². The maximum absolute atomic E-state index is 4.52. The van der Waals surface area contributed by atoms with Crippen molar-refractivity contribution in [2.75, 3.05) is 0 Å². The molecule has 0 saturated heterocycles. The first-order valence-corrected chi connectivity index (χ1v) is 5.08. The van der Waals surface area contributed by atoms with Gasteiger partial charge in [-0.1, -0.05) is 20.8 Å². The Balaban J connectivity index is 2.73. The number of hydrogen-bond acceptors (Lipinski definition) is 3. The van der Waals surface area contributed by atoms with E-state index in [0.717, 1.165) is 22.6 Å². The number of hydrogen-bond donors (Lipinski definition) is 0. The van der Waals surface area contributed by atoms with Gasteiger partial charge in [-0.2, -0.15) is 0 Å². The molecule has 0 atom stereocenters. The molecule has 2 aromatic rings. The molecule has 0 spiro atoms. The van der Waals surface area contributed by atoms with Gasteiger partial charge in [0.05, 0.1) is 5.69 Å². The molecule has 0 aliphatic rings. The second-order valence-electron chi connectivity index (χ2n) is 4.76. The Labute approximate surface area is 89.6 Å². The fraction of sp³-hybridized carbons (Fsp3) is 0.417. The molecule has 0 aliphatic heterocycles. The van der Waals surface area contributed by atoms with E-state index in [-0.39, 0.29) is 5.41 Å². The second-order valence-corrected chi connectivity index (χ2v) is 4.76. The van der Waals surface area contributed by atoms with Crippen LogP contribution in [0.25, 0.3) is 11.0 Å². The van der Waals surface area contributed by atoms with Crippen molar-refractivity contribution >= 4 is 11.0 Å². The van der Waals surface area contributed by atoms with E-state index in [2.05, 4.69) is 35.7 Å². The quantitative estimate of drug-likeness (QED) is 0.657. The van der Waals surface area contributed by atoms with Crippen LogP contribution >= 0.6 is 0 Å². The summed E-state index contributed by atoms with van der Waals surface area (Å²) < 4.78 is 0. The van der Waals surface area contributed by atoms with E-state index in [1.54, 1.807) is 6.20 Å². The SMILES string of the molecule is Cc1nc(C(C)(C)C)nc2ncccc12. The van der Waals surface area contributed by atoms with Crippen LogP contribution in [-0.2, 0) is 5.41 Å². The standard InChI is InChI=1S/C12H15N3/c1-8-9-6-5-7-13-10(9)15-11(14-8)12(2,3)4/h5-7H,1-4H3. The van der Waals surface area contributed by atoms with Crippen molar-refractivity contribution in [2.24, 2.45) is 0 Å². The van der Waals surface area contributed by atoms with Gasteiger partial charge in [-0.15, -0.1) is 0 Å². The fourth-order valence-corrected chi connectivity index (χ4v) is 1.45. The van der Waals surface area contributed by atoms with E-state index in [1.807, 2.05) is 19.1 Å². The zero-order valence-corrected chi connectivity index (χ0v) is 9.57. The normalized spacial score (nSPS) is 12.0. The predicted octanol–water partition coefficient (Wildman–Crippen LogP) is 2.63. The van der Waals surface area contributed by atoms with Crippen LogP contribution in [0.2, 0.25) is 0 Å². The van der Waals surface area contributed by atoms with Gasteiger partial charge >= 0.3 is 0 Å². The molecule has 3 heteroatoms. The van der Waals surface area contributed by atoms with E-state index in [4.69, 9.17) is 0 Å². The highest BCUT2D eigenvalue weighted by molar-refractivity contribution is 5.76. The van der Waals surface area contributed by atoms with Gasteiger partial charge in [0.1, 0.15) is 5.82 Å². The average Bonchev–Trinajstić information content (AvgIpc) is 2.16. The van der Waals surface area contributed by atoms with Crippen LogP contribution in [0.1, 0.15) is 32.3 Å². The highest BCUT2D eigenvalue weighted by Gasteiger charge is 2.18. The predicted molar refractivity (Wildman–Crippen MR) is 60.8 cm³/mol. The molecule has 78 valence electrons. The number of nitrogens with zero attached hydrogens (tertiary/aromatic N) is 3. The van der Waals surface area contributed by atoms with Crippen LogP contribution in [0.15, 0.2) is 18.3 Å². The van der Waals surface area contributed by atoms with Crippen molar-refractivity contribution in [3.63, 3.8) is 0 Å². The minimum absolute atomic E-state index is 0.0313. The van der Waals surface area contributed by atoms with E-state index in [9.17, 15) is 0 Å². The number of rotatable bonds is 0. The molecule has 0 amide bonds. The fourth-order valence-electron chi connectivity index (χ4n) is 1.45. The maximum atomic E-state index is 4.52. The minimum Gasteiger partial charge on any atom is -0.237 e. The van der Waals surface area contributed by atoms with Gasteiger partial charge in [-0.25, -0.2) is 15.0 Å². The summed E-state index contributed by atoms with van der Waals surface area (Å²) in [5.41, 5.74) is 1.75. The Morgan fingerprint density at radius 1 is 1.13 bits per heavy atom. The molecular formula is C12H15N3. The van der Waals surface area contributed by atoms with Gasteiger partial charge in [0, 0.05) is 17.0 Å². The van der Waals surface area contributed by atoms with Crippen LogP contribution < -0.4 is 0 Å². The lowest BCUT2D eigenvalue weighted by molar-refractivity contribution is 0.546. The molecule has 0 N–H and O–H groups in total. The molecule has 0 unspecified atom stereocenters. The van der Waals surface area contributed by atoms with Gasteiger partial charge in [-0.05, 0) is 19.1 Å². The van der Waals surface area contributed by atoms with E-state index in [0.29, 0.717) is 0 Å². The van der Waals surface area contributed by atoms with Crippen molar-refractivity contribution in [2.45, 2.75) is 33.1 Å². The summed E-state index contributed by atoms with van der Waals surface area (Å²) in [5.74, 6) is 0.853. The Morgan fingerprint density at radius 3 is 2.53 bits per heavy atom.